The van der Waals surface area contributed by atoms with Crippen LogP contribution in [-0.4, -0.2) is 18.5 Å². The summed E-state index contributed by atoms with van der Waals surface area (Å²) in [5, 5.41) is 2.20. The van der Waals surface area contributed by atoms with Gasteiger partial charge in [-0.25, -0.2) is 10.2 Å². The summed E-state index contributed by atoms with van der Waals surface area (Å²) >= 11 is 0. The lowest BCUT2D eigenvalue weighted by atomic mass is 9.87. The lowest BCUT2D eigenvalue weighted by molar-refractivity contribution is -0.137. The van der Waals surface area contributed by atoms with Crippen LogP contribution in [-0.2, 0) is 16.4 Å². The van der Waals surface area contributed by atoms with E-state index in [1.165, 1.54) is 6.07 Å². The van der Waals surface area contributed by atoms with E-state index in [0.29, 0.717) is 5.75 Å². The van der Waals surface area contributed by atoms with Gasteiger partial charge in [-0.1, -0.05) is 39.0 Å². The van der Waals surface area contributed by atoms with Gasteiger partial charge in [0.1, 0.15) is 5.75 Å². The molecule has 0 saturated heterocycles. The highest BCUT2D eigenvalue weighted by atomic mass is 19.4. The van der Waals surface area contributed by atoms with Gasteiger partial charge in [0.05, 0.1) is 5.56 Å². The molecule has 3 N–H and O–H groups in total. The van der Waals surface area contributed by atoms with E-state index in [9.17, 15) is 22.8 Å². The van der Waals surface area contributed by atoms with Gasteiger partial charge in [0.25, 0.3) is 5.91 Å². The minimum atomic E-state index is -4.52. The number of carbonyl (C=O) groups is 2. The second kappa shape index (κ2) is 8.85. The van der Waals surface area contributed by atoms with E-state index in [1.807, 2.05) is 17.6 Å². The topological polar surface area (TPSA) is 79.5 Å². The summed E-state index contributed by atoms with van der Waals surface area (Å²) in [5.74, 6) is -0.148. The van der Waals surface area contributed by atoms with Gasteiger partial charge in [-0.05, 0) is 41.3 Å². The molecule has 0 unspecified atom stereocenters. The van der Waals surface area contributed by atoms with Crippen LogP contribution in [0.25, 0.3) is 0 Å². The molecule has 2 aromatic carbocycles. The van der Waals surface area contributed by atoms with Crippen molar-refractivity contribution in [2.75, 3.05) is 11.9 Å². The Kier molecular flexibility index (Phi) is 6.73. The Balaban J connectivity index is 1.78. The zero-order chi connectivity index (χ0) is 21.7. The maximum atomic E-state index is 12.7. The number of halogens is 3. The number of hydrazine groups is 1. The molecule has 6 nitrogen and oxygen atoms in total. The van der Waals surface area contributed by atoms with Gasteiger partial charge in [0, 0.05) is 5.69 Å². The fourth-order valence-corrected chi connectivity index (χ4v) is 2.30. The lowest BCUT2D eigenvalue weighted by Crippen LogP contribution is -2.45. The first-order valence-electron chi connectivity index (χ1n) is 8.71. The van der Waals surface area contributed by atoms with Gasteiger partial charge < -0.3 is 10.1 Å². The largest absolute Gasteiger partial charge is 0.484 e. The minimum absolute atomic E-state index is 0.00714. The molecule has 9 heteroatoms. The van der Waals surface area contributed by atoms with Gasteiger partial charge in [-0.3, -0.25) is 10.2 Å². The van der Waals surface area contributed by atoms with Crippen LogP contribution in [0.5, 0.6) is 5.75 Å². The van der Waals surface area contributed by atoms with Crippen molar-refractivity contribution < 1.29 is 27.5 Å². The highest BCUT2D eigenvalue weighted by Crippen LogP contribution is 2.30. The predicted octanol–water partition coefficient (Wildman–Crippen LogP) is 4.23. The molecule has 0 atom stereocenters. The summed E-state index contributed by atoms with van der Waals surface area (Å²) in [6.07, 6.45) is -4.52. The van der Waals surface area contributed by atoms with E-state index in [0.717, 1.165) is 23.8 Å². The number of rotatable bonds is 4. The molecular weight excluding hydrogens is 387 g/mol. The third-order valence-electron chi connectivity index (χ3n) is 3.85. The Morgan fingerprint density at radius 2 is 1.59 bits per heavy atom. The molecule has 0 saturated carbocycles. The molecule has 0 aliphatic heterocycles. The number of amides is 3. The van der Waals surface area contributed by atoms with Crippen molar-refractivity contribution in [1.29, 1.82) is 0 Å². The molecule has 0 radical (unpaired) electrons. The van der Waals surface area contributed by atoms with Gasteiger partial charge in [0.15, 0.2) is 6.61 Å². The van der Waals surface area contributed by atoms with E-state index in [4.69, 9.17) is 4.74 Å². The van der Waals surface area contributed by atoms with Crippen molar-refractivity contribution in [2.45, 2.75) is 32.4 Å². The summed E-state index contributed by atoms with van der Waals surface area (Å²) in [6.45, 7) is 5.88. The third-order valence-corrected chi connectivity index (χ3v) is 3.85. The fraction of sp³-hybridized carbons (Fsp3) is 0.300. The molecule has 29 heavy (non-hydrogen) atoms. The van der Waals surface area contributed by atoms with Crippen LogP contribution in [0.2, 0.25) is 0 Å². The standard InChI is InChI=1S/C20H22F3N3O3/c1-19(2,3)13-7-9-16(10-8-13)29-12-17(27)25-26-18(28)24-15-6-4-5-14(11-15)20(21,22)23/h4-11H,12H2,1-3H3,(H,25,27)(H2,24,26,28). The summed E-state index contributed by atoms with van der Waals surface area (Å²) in [7, 11) is 0. The molecule has 0 bridgehead atoms. The Morgan fingerprint density at radius 3 is 2.17 bits per heavy atom. The number of alkyl halides is 3. The summed E-state index contributed by atoms with van der Waals surface area (Å²) in [6, 6.07) is 10.5. The Morgan fingerprint density at radius 1 is 0.931 bits per heavy atom. The van der Waals surface area contributed by atoms with Crippen LogP contribution in [0.4, 0.5) is 23.7 Å². The Bertz CT molecular complexity index is 860. The van der Waals surface area contributed by atoms with E-state index < -0.39 is 23.7 Å². The first-order chi connectivity index (χ1) is 13.4. The smallest absolute Gasteiger partial charge is 0.416 e. The van der Waals surface area contributed by atoms with E-state index in [1.54, 1.807) is 12.1 Å². The highest BCUT2D eigenvalue weighted by molar-refractivity contribution is 5.91. The summed E-state index contributed by atoms with van der Waals surface area (Å²) in [5.41, 5.74) is 4.29. The Labute approximate surface area is 166 Å². The number of ether oxygens (including phenoxy) is 1. The van der Waals surface area contributed by atoms with Crippen molar-refractivity contribution in [1.82, 2.24) is 10.9 Å². The molecule has 0 aliphatic rings. The summed E-state index contributed by atoms with van der Waals surface area (Å²) in [4.78, 5) is 23.5. The monoisotopic (exact) mass is 409 g/mol. The van der Waals surface area contributed by atoms with Crippen molar-refractivity contribution >= 4 is 17.6 Å². The molecule has 0 spiro atoms. The molecule has 0 aromatic heterocycles. The van der Waals surface area contributed by atoms with Crippen molar-refractivity contribution in [3.8, 4) is 5.75 Å². The minimum Gasteiger partial charge on any atom is -0.484 e. The fourth-order valence-electron chi connectivity index (χ4n) is 2.30. The average molecular weight is 409 g/mol. The zero-order valence-electron chi connectivity index (χ0n) is 16.2. The molecule has 0 aliphatic carbocycles. The normalized spacial score (nSPS) is 11.5. The zero-order valence-corrected chi connectivity index (χ0v) is 16.2. The summed E-state index contributed by atoms with van der Waals surface area (Å²) < 4.78 is 43.3. The molecular formula is C20H22F3N3O3. The number of hydrogen-bond acceptors (Lipinski definition) is 3. The maximum absolute atomic E-state index is 12.7. The molecule has 156 valence electrons. The number of anilines is 1. The Hall–Kier alpha value is -3.23. The van der Waals surface area contributed by atoms with Crippen molar-refractivity contribution in [3.63, 3.8) is 0 Å². The average Bonchev–Trinajstić information content (AvgIpc) is 2.64. The second-order valence-electron chi connectivity index (χ2n) is 7.27. The molecule has 3 amide bonds. The number of carbonyl (C=O) groups excluding carboxylic acids is 2. The van der Waals surface area contributed by atoms with Crippen LogP contribution in [0.15, 0.2) is 48.5 Å². The van der Waals surface area contributed by atoms with E-state index in [2.05, 4.69) is 31.5 Å². The van der Waals surface area contributed by atoms with E-state index >= 15 is 0 Å². The molecule has 2 rings (SSSR count). The predicted molar refractivity (Wildman–Crippen MR) is 102 cm³/mol. The van der Waals surface area contributed by atoms with Crippen molar-refractivity contribution in [2.24, 2.45) is 0 Å². The lowest BCUT2D eigenvalue weighted by Gasteiger charge is -2.19. The van der Waals surface area contributed by atoms with Gasteiger partial charge >= 0.3 is 12.2 Å². The van der Waals surface area contributed by atoms with E-state index in [-0.39, 0.29) is 17.7 Å². The molecule has 2 aromatic rings. The second-order valence-corrected chi connectivity index (χ2v) is 7.27. The number of benzene rings is 2. The maximum Gasteiger partial charge on any atom is 0.416 e. The molecule has 0 fully saturated rings. The van der Waals surface area contributed by atoms with Crippen LogP contribution < -0.4 is 20.9 Å². The van der Waals surface area contributed by atoms with Gasteiger partial charge in [-0.2, -0.15) is 13.2 Å². The number of nitrogens with one attached hydrogen (secondary N) is 3. The molecule has 0 heterocycles. The quantitative estimate of drug-likeness (QED) is 0.661. The first kappa shape index (κ1) is 22.1. The van der Waals surface area contributed by atoms with Gasteiger partial charge in [-0.15, -0.1) is 0 Å². The highest BCUT2D eigenvalue weighted by Gasteiger charge is 2.30. The third kappa shape index (κ3) is 7.02. The van der Waals surface area contributed by atoms with Crippen molar-refractivity contribution in [3.05, 3.63) is 59.7 Å². The van der Waals surface area contributed by atoms with Crippen LogP contribution in [0, 0.1) is 0 Å². The van der Waals surface area contributed by atoms with Crippen LogP contribution >= 0.6 is 0 Å². The number of hydrogen-bond donors (Lipinski definition) is 3. The SMILES string of the molecule is CC(C)(C)c1ccc(OCC(=O)NNC(=O)Nc2cccc(C(F)(F)F)c2)cc1. The first-order valence-corrected chi connectivity index (χ1v) is 8.71. The van der Waals surface area contributed by atoms with Gasteiger partial charge in [0.2, 0.25) is 0 Å². The van der Waals surface area contributed by atoms with Crippen LogP contribution in [0.1, 0.15) is 31.9 Å². The van der Waals surface area contributed by atoms with Crippen LogP contribution in [0.3, 0.4) is 0 Å². The number of urea groups is 1.